The molecule has 0 aromatic heterocycles. The number of hydrogen-bond donors (Lipinski definition) is 3. The topological polar surface area (TPSA) is 52.5 Å². The SMILES string of the molecule is CCC[C@@H]1C[C@H](O)C[C@H](CCCO)N1. The van der Waals surface area contributed by atoms with Crippen LogP contribution in [0, 0.1) is 0 Å². The van der Waals surface area contributed by atoms with E-state index < -0.39 is 0 Å². The molecule has 0 saturated carbocycles. The van der Waals surface area contributed by atoms with E-state index in [2.05, 4.69) is 12.2 Å². The number of piperidine rings is 1. The molecule has 1 aliphatic rings. The average molecular weight is 201 g/mol. The highest BCUT2D eigenvalue weighted by atomic mass is 16.3. The zero-order valence-corrected chi connectivity index (χ0v) is 9.08. The summed E-state index contributed by atoms with van der Waals surface area (Å²) in [5, 5.41) is 22.0. The highest BCUT2D eigenvalue weighted by Crippen LogP contribution is 2.19. The van der Waals surface area contributed by atoms with Gasteiger partial charge < -0.3 is 15.5 Å². The molecule has 0 amide bonds. The first kappa shape index (κ1) is 12.0. The minimum absolute atomic E-state index is 0.142. The van der Waals surface area contributed by atoms with Crippen molar-refractivity contribution in [3.63, 3.8) is 0 Å². The molecule has 14 heavy (non-hydrogen) atoms. The van der Waals surface area contributed by atoms with Crippen molar-refractivity contribution in [2.45, 2.75) is 63.6 Å². The summed E-state index contributed by atoms with van der Waals surface area (Å²) in [6.45, 7) is 2.43. The Morgan fingerprint density at radius 2 is 1.86 bits per heavy atom. The van der Waals surface area contributed by atoms with E-state index in [0.717, 1.165) is 38.5 Å². The minimum Gasteiger partial charge on any atom is -0.396 e. The number of aliphatic hydroxyl groups excluding tert-OH is 2. The van der Waals surface area contributed by atoms with Crippen LogP contribution in [0.1, 0.15) is 45.4 Å². The van der Waals surface area contributed by atoms with Gasteiger partial charge in [-0.25, -0.2) is 0 Å². The van der Waals surface area contributed by atoms with E-state index in [1.165, 1.54) is 0 Å². The van der Waals surface area contributed by atoms with E-state index >= 15 is 0 Å². The fraction of sp³-hybridized carbons (Fsp3) is 1.00. The molecule has 84 valence electrons. The van der Waals surface area contributed by atoms with Gasteiger partial charge in [0, 0.05) is 18.7 Å². The average Bonchev–Trinajstić information content (AvgIpc) is 2.14. The normalized spacial score (nSPS) is 33.2. The highest BCUT2D eigenvalue weighted by molar-refractivity contribution is 4.84. The Hall–Kier alpha value is -0.120. The van der Waals surface area contributed by atoms with E-state index in [1.54, 1.807) is 0 Å². The van der Waals surface area contributed by atoms with Crippen LogP contribution >= 0.6 is 0 Å². The van der Waals surface area contributed by atoms with Crippen molar-refractivity contribution < 1.29 is 10.2 Å². The highest BCUT2D eigenvalue weighted by Gasteiger charge is 2.25. The second kappa shape index (κ2) is 6.38. The molecule has 1 saturated heterocycles. The molecule has 1 rings (SSSR count). The van der Waals surface area contributed by atoms with Crippen molar-refractivity contribution >= 4 is 0 Å². The van der Waals surface area contributed by atoms with Gasteiger partial charge >= 0.3 is 0 Å². The Kier molecular flexibility index (Phi) is 5.45. The lowest BCUT2D eigenvalue weighted by molar-refractivity contribution is 0.0866. The number of nitrogens with one attached hydrogen (secondary N) is 1. The van der Waals surface area contributed by atoms with Crippen LogP contribution in [0.2, 0.25) is 0 Å². The summed E-state index contributed by atoms with van der Waals surface area (Å²) in [6.07, 6.45) is 5.72. The quantitative estimate of drug-likeness (QED) is 0.623. The summed E-state index contributed by atoms with van der Waals surface area (Å²) >= 11 is 0. The first-order valence-corrected chi connectivity index (χ1v) is 5.81. The van der Waals surface area contributed by atoms with Crippen LogP contribution < -0.4 is 5.32 Å². The van der Waals surface area contributed by atoms with Crippen molar-refractivity contribution in [1.29, 1.82) is 0 Å². The number of aliphatic hydroxyl groups is 2. The Bertz CT molecular complexity index is 152. The summed E-state index contributed by atoms with van der Waals surface area (Å²) in [6, 6.07) is 0.884. The molecule has 0 radical (unpaired) electrons. The van der Waals surface area contributed by atoms with E-state index in [9.17, 15) is 5.11 Å². The first-order chi connectivity index (χ1) is 6.76. The fourth-order valence-electron chi connectivity index (χ4n) is 2.31. The molecule has 1 fully saturated rings. The molecule has 1 heterocycles. The van der Waals surface area contributed by atoms with E-state index in [-0.39, 0.29) is 12.7 Å². The van der Waals surface area contributed by atoms with Crippen molar-refractivity contribution in [3.8, 4) is 0 Å². The van der Waals surface area contributed by atoms with Gasteiger partial charge in [0.05, 0.1) is 6.10 Å². The summed E-state index contributed by atoms with van der Waals surface area (Å²) in [5.41, 5.74) is 0. The molecule has 0 unspecified atom stereocenters. The Balaban J connectivity index is 2.29. The third-order valence-electron chi connectivity index (χ3n) is 2.93. The van der Waals surface area contributed by atoms with Gasteiger partial charge in [-0.2, -0.15) is 0 Å². The molecule has 0 spiro atoms. The maximum atomic E-state index is 9.67. The van der Waals surface area contributed by atoms with Crippen LogP contribution in [-0.2, 0) is 0 Å². The van der Waals surface area contributed by atoms with Gasteiger partial charge in [0.15, 0.2) is 0 Å². The molecular weight excluding hydrogens is 178 g/mol. The van der Waals surface area contributed by atoms with Crippen LogP contribution in [0.15, 0.2) is 0 Å². The van der Waals surface area contributed by atoms with Gasteiger partial charge in [-0.3, -0.25) is 0 Å². The van der Waals surface area contributed by atoms with Gasteiger partial charge in [-0.15, -0.1) is 0 Å². The second-order valence-corrected chi connectivity index (χ2v) is 4.34. The van der Waals surface area contributed by atoms with Crippen LogP contribution in [0.3, 0.4) is 0 Å². The van der Waals surface area contributed by atoms with E-state index in [4.69, 9.17) is 5.11 Å². The Morgan fingerprint density at radius 1 is 1.21 bits per heavy atom. The third-order valence-corrected chi connectivity index (χ3v) is 2.93. The summed E-state index contributed by atoms with van der Waals surface area (Å²) < 4.78 is 0. The summed E-state index contributed by atoms with van der Waals surface area (Å²) in [5.74, 6) is 0. The Morgan fingerprint density at radius 3 is 2.43 bits per heavy atom. The zero-order chi connectivity index (χ0) is 10.4. The van der Waals surface area contributed by atoms with Gasteiger partial charge in [0.25, 0.3) is 0 Å². The molecule has 0 aromatic rings. The smallest absolute Gasteiger partial charge is 0.0569 e. The largest absolute Gasteiger partial charge is 0.396 e. The molecule has 3 N–H and O–H groups in total. The minimum atomic E-state index is -0.142. The molecule has 0 aliphatic carbocycles. The maximum Gasteiger partial charge on any atom is 0.0569 e. The van der Waals surface area contributed by atoms with Crippen molar-refractivity contribution in [3.05, 3.63) is 0 Å². The number of hydrogen-bond acceptors (Lipinski definition) is 3. The third kappa shape index (κ3) is 3.95. The predicted octanol–water partition coefficient (Wildman–Crippen LogP) is 1.04. The monoisotopic (exact) mass is 201 g/mol. The molecule has 0 aromatic carbocycles. The van der Waals surface area contributed by atoms with Gasteiger partial charge in [-0.05, 0) is 32.1 Å². The van der Waals surface area contributed by atoms with Crippen LogP contribution in [0.5, 0.6) is 0 Å². The fourth-order valence-corrected chi connectivity index (χ4v) is 2.31. The zero-order valence-electron chi connectivity index (χ0n) is 9.08. The van der Waals surface area contributed by atoms with Gasteiger partial charge in [0.1, 0.15) is 0 Å². The van der Waals surface area contributed by atoms with Crippen molar-refractivity contribution in [2.75, 3.05) is 6.61 Å². The summed E-state index contributed by atoms with van der Waals surface area (Å²) in [4.78, 5) is 0. The van der Waals surface area contributed by atoms with E-state index in [0.29, 0.717) is 12.1 Å². The lowest BCUT2D eigenvalue weighted by atomic mass is 9.91. The molecule has 3 atom stereocenters. The molecule has 3 heteroatoms. The predicted molar refractivity (Wildman–Crippen MR) is 57.2 cm³/mol. The molecule has 1 aliphatic heterocycles. The second-order valence-electron chi connectivity index (χ2n) is 4.34. The lowest BCUT2D eigenvalue weighted by Crippen LogP contribution is -2.47. The maximum absolute atomic E-state index is 9.67. The van der Waals surface area contributed by atoms with Gasteiger partial charge in [-0.1, -0.05) is 13.3 Å². The number of rotatable bonds is 5. The lowest BCUT2D eigenvalue weighted by Gasteiger charge is -2.34. The van der Waals surface area contributed by atoms with Crippen molar-refractivity contribution in [2.24, 2.45) is 0 Å². The van der Waals surface area contributed by atoms with Crippen LogP contribution in [0.4, 0.5) is 0 Å². The molecular formula is C11H23NO2. The standard InChI is InChI=1S/C11H23NO2/c1-2-4-9-7-11(14)8-10(12-9)5-3-6-13/h9-14H,2-8H2,1H3/t9-,10+,11+/m1/s1. The first-order valence-electron chi connectivity index (χ1n) is 5.81. The van der Waals surface area contributed by atoms with Crippen LogP contribution in [-0.4, -0.2) is 35.0 Å². The molecule has 0 bridgehead atoms. The summed E-state index contributed by atoms with van der Waals surface area (Å²) in [7, 11) is 0. The van der Waals surface area contributed by atoms with E-state index in [1.807, 2.05) is 0 Å². The van der Waals surface area contributed by atoms with Gasteiger partial charge in [0.2, 0.25) is 0 Å². The molecule has 3 nitrogen and oxygen atoms in total. The van der Waals surface area contributed by atoms with Crippen molar-refractivity contribution in [1.82, 2.24) is 5.32 Å². The van der Waals surface area contributed by atoms with Crippen LogP contribution in [0.25, 0.3) is 0 Å². The Labute approximate surface area is 86.5 Å².